The number of carbonyl (C=O) groups is 1. The number of rotatable bonds is 4. The van der Waals surface area contributed by atoms with Crippen molar-refractivity contribution in [3.63, 3.8) is 0 Å². The van der Waals surface area contributed by atoms with E-state index in [1.165, 1.54) is 6.20 Å². The lowest BCUT2D eigenvalue weighted by molar-refractivity contribution is 0.0944. The summed E-state index contributed by atoms with van der Waals surface area (Å²) in [6.45, 7) is 1.78. The van der Waals surface area contributed by atoms with Crippen LogP contribution in [0.1, 0.15) is 22.0 Å². The average molecular weight is 288 g/mol. The minimum Gasteiger partial charge on any atom is -0.361 e. The lowest BCUT2D eigenvalue weighted by Crippen LogP contribution is -2.23. The van der Waals surface area contributed by atoms with Gasteiger partial charge in [-0.2, -0.15) is 10.1 Å². The molecule has 108 valence electrons. The van der Waals surface area contributed by atoms with Crippen LogP contribution in [-0.4, -0.2) is 31.0 Å². The second-order valence-corrected chi connectivity index (χ2v) is 4.39. The van der Waals surface area contributed by atoms with Crippen molar-refractivity contribution in [3.8, 4) is 11.4 Å². The average Bonchev–Trinajstić information content (AvgIpc) is 3.16. The molecule has 21 heavy (non-hydrogen) atoms. The first-order valence-electron chi connectivity index (χ1n) is 6.14. The first kappa shape index (κ1) is 13.0. The lowest BCUT2D eigenvalue weighted by Gasteiger charge is -1.98. The molecule has 0 radical (unpaired) electrons. The van der Waals surface area contributed by atoms with Crippen molar-refractivity contribution < 1.29 is 13.8 Å². The van der Waals surface area contributed by atoms with Gasteiger partial charge in [-0.25, -0.2) is 0 Å². The van der Waals surface area contributed by atoms with Crippen LogP contribution >= 0.6 is 0 Å². The van der Waals surface area contributed by atoms with Gasteiger partial charge in [-0.05, 0) is 6.92 Å². The van der Waals surface area contributed by atoms with E-state index in [2.05, 4.69) is 25.7 Å². The van der Waals surface area contributed by atoms with E-state index in [4.69, 9.17) is 9.05 Å². The Morgan fingerprint density at radius 1 is 1.38 bits per heavy atom. The van der Waals surface area contributed by atoms with Crippen LogP contribution in [0, 0.1) is 6.92 Å². The topological polar surface area (TPSA) is 112 Å². The minimum absolute atomic E-state index is 0.122. The fourth-order valence-corrected chi connectivity index (χ4v) is 1.75. The largest absolute Gasteiger partial charge is 0.361 e. The van der Waals surface area contributed by atoms with Gasteiger partial charge in [0.1, 0.15) is 11.3 Å². The molecule has 3 heterocycles. The quantitative estimate of drug-likeness (QED) is 0.751. The molecular formula is C12H12N6O3. The smallest absolute Gasteiger partial charge is 0.256 e. The Kier molecular flexibility index (Phi) is 3.22. The van der Waals surface area contributed by atoms with Crippen molar-refractivity contribution in [3.05, 3.63) is 35.8 Å². The van der Waals surface area contributed by atoms with Crippen molar-refractivity contribution >= 4 is 5.91 Å². The van der Waals surface area contributed by atoms with E-state index in [0.717, 1.165) is 5.56 Å². The summed E-state index contributed by atoms with van der Waals surface area (Å²) in [5, 5.41) is 14.1. The molecule has 0 aliphatic carbocycles. The Balaban J connectivity index is 1.65. The van der Waals surface area contributed by atoms with Crippen molar-refractivity contribution in [2.45, 2.75) is 13.5 Å². The predicted molar refractivity (Wildman–Crippen MR) is 68.9 cm³/mol. The van der Waals surface area contributed by atoms with Crippen molar-refractivity contribution in [2.75, 3.05) is 0 Å². The highest BCUT2D eigenvalue weighted by Crippen LogP contribution is 2.14. The number of aromatic nitrogens is 5. The van der Waals surface area contributed by atoms with Crippen LogP contribution in [0.3, 0.4) is 0 Å². The molecule has 0 unspecified atom stereocenters. The van der Waals surface area contributed by atoms with Gasteiger partial charge < -0.3 is 14.4 Å². The Morgan fingerprint density at radius 3 is 2.90 bits per heavy atom. The van der Waals surface area contributed by atoms with Crippen LogP contribution in [0.4, 0.5) is 0 Å². The lowest BCUT2D eigenvalue weighted by atomic mass is 10.2. The van der Waals surface area contributed by atoms with Crippen molar-refractivity contribution in [2.24, 2.45) is 7.05 Å². The zero-order chi connectivity index (χ0) is 14.8. The fraction of sp³-hybridized carbons (Fsp3) is 0.250. The molecule has 3 aromatic heterocycles. The maximum atomic E-state index is 11.9. The van der Waals surface area contributed by atoms with Gasteiger partial charge in [0.05, 0.1) is 24.5 Å². The first-order valence-corrected chi connectivity index (χ1v) is 6.14. The summed E-state index contributed by atoms with van der Waals surface area (Å²) < 4.78 is 11.5. The van der Waals surface area contributed by atoms with Gasteiger partial charge in [0.2, 0.25) is 11.7 Å². The SMILES string of the molecule is Cc1oncc1C(=O)NCc1nc(-c2cnn(C)c2)no1. The number of hydrogen-bond donors (Lipinski definition) is 1. The van der Waals surface area contributed by atoms with Crippen LogP contribution in [0.2, 0.25) is 0 Å². The van der Waals surface area contributed by atoms with Crippen LogP contribution in [0.25, 0.3) is 11.4 Å². The van der Waals surface area contributed by atoms with Gasteiger partial charge >= 0.3 is 0 Å². The van der Waals surface area contributed by atoms with Crippen LogP contribution < -0.4 is 5.32 Å². The molecule has 0 bridgehead atoms. The third-order valence-corrected chi connectivity index (χ3v) is 2.83. The van der Waals surface area contributed by atoms with Gasteiger partial charge in [0, 0.05) is 13.2 Å². The molecule has 0 saturated heterocycles. The predicted octanol–water partition coefficient (Wildman–Crippen LogP) is 0.697. The molecule has 3 rings (SSSR count). The van der Waals surface area contributed by atoms with Gasteiger partial charge in [-0.15, -0.1) is 0 Å². The Morgan fingerprint density at radius 2 is 2.24 bits per heavy atom. The van der Waals surface area contributed by atoms with E-state index in [9.17, 15) is 4.79 Å². The van der Waals surface area contributed by atoms with Crippen molar-refractivity contribution in [1.29, 1.82) is 0 Å². The van der Waals surface area contributed by atoms with Gasteiger partial charge in [0.15, 0.2) is 0 Å². The molecule has 0 aliphatic rings. The molecule has 0 atom stereocenters. The van der Waals surface area contributed by atoms with Gasteiger partial charge in [-0.3, -0.25) is 9.48 Å². The normalized spacial score (nSPS) is 10.8. The van der Waals surface area contributed by atoms with E-state index < -0.39 is 0 Å². The van der Waals surface area contributed by atoms with E-state index in [1.54, 1.807) is 31.0 Å². The molecule has 3 aromatic rings. The maximum absolute atomic E-state index is 11.9. The fourth-order valence-electron chi connectivity index (χ4n) is 1.75. The summed E-state index contributed by atoms with van der Waals surface area (Å²) in [7, 11) is 1.80. The number of amides is 1. The molecule has 9 heteroatoms. The minimum atomic E-state index is -0.310. The third kappa shape index (κ3) is 2.66. The molecule has 1 amide bonds. The number of nitrogens with one attached hydrogen (secondary N) is 1. The third-order valence-electron chi connectivity index (χ3n) is 2.83. The molecule has 0 spiro atoms. The highest BCUT2D eigenvalue weighted by molar-refractivity contribution is 5.94. The second kappa shape index (κ2) is 5.19. The Bertz CT molecular complexity index is 771. The zero-order valence-corrected chi connectivity index (χ0v) is 11.4. The highest BCUT2D eigenvalue weighted by atomic mass is 16.5. The summed E-state index contributed by atoms with van der Waals surface area (Å²) in [6, 6.07) is 0. The Hall–Kier alpha value is -2.97. The molecule has 9 nitrogen and oxygen atoms in total. The molecule has 1 N–H and O–H groups in total. The summed E-state index contributed by atoms with van der Waals surface area (Å²) >= 11 is 0. The van der Waals surface area contributed by atoms with E-state index in [0.29, 0.717) is 23.0 Å². The number of aryl methyl sites for hydroxylation is 2. The van der Waals surface area contributed by atoms with Crippen LogP contribution in [0.15, 0.2) is 27.6 Å². The molecule has 0 aliphatic heterocycles. The summed E-state index contributed by atoms with van der Waals surface area (Å²) in [5.41, 5.74) is 1.12. The number of nitrogens with zero attached hydrogens (tertiary/aromatic N) is 5. The molecule has 0 aromatic carbocycles. The molecular weight excluding hydrogens is 276 g/mol. The maximum Gasteiger partial charge on any atom is 0.256 e. The molecule has 0 fully saturated rings. The van der Waals surface area contributed by atoms with E-state index in [1.807, 2.05) is 0 Å². The second-order valence-electron chi connectivity index (χ2n) is 4.39. The standard InChI is InChI=1S/C12H12N6O3/c1-7-9(4-15-20-7)12(19)13-5-10-16-11(17-21-10)8-3-14-18(2)6-8/h3-4,6H,5H2,1-2H3,(H,13,19). The monoisotopic (exact) mass is 288 g/mol. The van der Waals surface area contributed by atoms with E-state index >= 15 is 0 Å². The van der Waals surface area contributed by atoms with Crippen molar-refractivity contribution in [1.82, 2.24) is 30.4 Å². The Labute approximate surface area is 118 Å². The van der Waals surface area contributed by atoms with Crippen LogP contribution in [-0.2, 0) is 13.6 Å². The number of hydrogen-bond acceptors (Lipinski definition) is 7. The van der Waals surface area contributed by atoms with Gasteiger partial charge in [-0.1, -0.05) is 10.3 Å². The number of carbonyl (C=O) groups excluding carboxylic acids is 1. The zero-order valence-electron chi connectivity index (χ0n) is 11.4. The van der Waals surface area contributed by atoms with E-state index in [-0.39, 0.29) is 12.5 Å². The van der Waals surface area contributed by atoms with Gasteiger partial charge in [0.25, 0.3) is 5.91 Å². The highest BCUT2D eigenvalue weighted by Gasteiger charge is 2.15. The molecule has 0 saturated carbocycles. The first-order chi connectivity index (χ1) is 10.1. The van der Waals surface area contributed by atoms with Crippen LogP contribution in [0.5, 0.6) is 0 Å². The summed E-state index contributed by atoms with van der Waals surface area (Å²) in [6.07, 6.45) is 4.76. The summed E-state index contributed by atoms with van der Waals surface area (Å²) in [5.74, 6) is 0.869. The summed E-state index contributed by atoms with van der Waals surface area (Å²) in [4.78, 5) is 16.1.